The first-order valence-electron chi connectivity index (χ1n) is 21.4. The number of nitrogens with zero attached hydrogens (tertiary/aromatic N) is 2. The summed E-state index contributed by atoms with van der Waals surface area (Å²) in [7, 11) is 0. The summed E-state index contributed by atoms with van der Waals surface area (Å²) in [5.74, 6) is 0. The number of fused-ring (bicyclic) bond motifs is 15. The monoisotopic (exact) mass is 790 g/mol. The number of hydrogen-bond donors (Lipinski definition) is 0. The molecule has 0 aliphatic heterocycles. The Hall–Kier alpha value is -8.14. The molecular formula is C59H38N2O. The standard InChI is InChI=1S/C59H38N2O/c1-4-20-40(21-5-1)60(41-22-6-2-7-23-41)53-37-39-19-10-11-26-44(39)56-47-28-12-15-30-49(47)59(58(53)56)50-31-16-13-29-48(50)57-51(59)32-18-33-52(57)61(42-24-8-3-9-25-42)43-35-36-46-45-27-14-17-34-54(45)62-55(46)38-43/h1-38H. The van der Waals surface area contributed by atoms with Gasteiger partial charge < -0.3 is 14.2 Å². The van der Waals surface area contributed by atoms with Gasteiger partial charge in [0.1, 0.15) is 11.2 Å². The van der Waals surface area contributed by atoms with Gasteiger partial charge in [0.2, 0.25) is 0 Å². The van der Waals surface area contributed by atoms with Crippen molar-refractivity contribution in [1.29, 1.82) is 0 Å². The van der Waals surface area contributed by atoms with E-state index in [2.05, 4.69) is 234 Å². The normalized spacial score (nSPS) is 14.5. The first-order valence-corrected chi connectivity index (χ1v) is 21.4. The zero-order valence-corrected chi connectivity index (χ0v) is 33.7. The van der Waals surface area contributed by atoms with Crippen LogP contribution in [0, 0.1) is 0 Å². The number of furan rings is 1. The smallest absolute Gasteiger partial charge is 0.137 e. The Morgan fingerprint density at radius 1 is 0.323 bits per heavy atom. The predicted molar refractivity (Wildman–Crippen MR) is 257 cm³/mol. The van der Waals surface area contributed by atoms with Crippen molar-refractivity contribution >= 4 is 66.8 Å². The van der Waals surface area contributed by atoms with Crippen LogP contribution in [0.25, 0.3) is 55.0 Å². The van der Waals surface area contributed by atoms with E-state index < -0.39 is 5.41 Å². The van der Waals surface area contributed by atoms with E-state index in [4.69, 9.17) is 4.42 Å². The van der Waals surface area contributed by atoms with Crippen LogP contribution in [0.15, 0.2) is 235 Å². The minimum Gasteiger partial charge on any atom is -0.456 e. The van der Waals surface area contributed by atoms with E-state index in [1.165, 1.54) is 55.3 Å². The van der Waals surface area contributed by atoms with E-state index in [1.807, 2.05) is 6.07 Å². The summed E-state index contributed by atoms with van der Waals surface area (Å²) in [6.07, 6.45) is 0. The van der Waals surface area contributed by atoms with Crippen molar-refractivity contribution < 1.29 is 4.42 Å². The Kier molecular flexibility index (Phi) is 7.52. The average molecular weight is 791 g/mol. The van der Waals surface area contributed by atoms with Crippen LogP contribution in [-0.4, -0.2) is 0 Å². The van der Waals surface area contributed by atoms with Crippen LogP contribution in [-0.2, 0) is 5.41 Å². The van der Waals surface area contributed by atoms with Gasteiger partial charge in [0.15, 0.2) is 0 Å². The minimum absolute atomic E-state index is 0.653. The predicted octanol–water partition coefficient (Wildman–Crippen LogP) is 16.0. The Labute approximate surface area is 360 Å². The first-order chi connectivity index (χ1) is 30.8. The maximum atomic E-state index is 6.53. The van der Waals surface area contributed by atoms with Crippen LogP contribution in [0.4, 0.5) is 34.1 Å². The van der Waals surface area contributed by atoms with Crippen LogP contribution in [0.5, 0.6) is 0 Å². The summed E-state index contributed by atoms with van der Waals surface area (Å²) >= 11 is 0. The summed E-state index contributed by atoms with van der Waals surface area (Å²) in [5.41, 5.74) is 17.9. The molecule has 1 heterocycles. The second kappa shape index (κ2) is 13.4. The molecule has 0 radical (unpaired) electrons. The third-order valence-corrected chi connectivity index (χ3v) is 13.2. The van der Waals surface area contributed by atoms with Gasteiger partial charge in [-0.25, -0.2) is 0 Å². The van der Waals surface area contributed by atoms with Gasteiger partial charge in [-0.3, -0.25) is 0 Å². The van der Waals surface area contributed by atoms with E-state index >= 15 is 0 Å². The van der Waals surface area contributed by atoms with Gasteiger partial charge >= 0.3 is 0 Å². The Morgan fingerprint density at radius 3 is 1.52 bits per heavy atom. The SMILES string of the molecule is c1ccc(N(c2ccc3c(c2)oc2ccccc23)c2cccc3c2-c2ccccc2C32c3ccccc3-c3c2c(N(c2ccccc2)c2ccccc2)cc2ccccc32)cc1. The highest BCUT2D eigenvalue weighted by molar-refractivity contribution is 6.12. The molecular weight excluding hydrogens is 753 g/mol. The average Bonchev–Trinajstić information content (AvgIpc) is 3.97. The van der Waals surface area contributed by atoms with E-state index in [9.17, 15) is 0 Å². The summed E-state index contributed by atoms with van der Waals surface area (Å²) in [6.45, 7) is 0. The van der Waals surface area contributed by atoms with Gasteiger partial charge in [0.05, 0.1) is 16.8 Å². The highest BCUT2D eigenvalue weighted by Crippen LogP contribution is 2.68. The minimum atomic E-state index is -0.653. The molecule has 10 aromatic carbocycles. The maximum absolute atomic E-state index is 6.53. The highest BCUT2D eigenvalue weighted by Gasteiger charge is 2.54. The molecule has 1 aromatic heterocycles. The Morgan fingerprint density at radius 2 is 0.839 bits per heavy atom. The molecule has 13 rings (SSSR count). The van der Waals surface area contributed by atoms with Crippen molar-refractivity contribution in [1.82, 2.24) is 0 Å². The summed E-state index contributed by atoms with van der Waals surface area (Å²) in [5, 5.41) is 4.70. The van der Waals surface area contributed by atoms with Crippen molar-refractivity contribution in [3.63, 3.8) is 0 Å². The first kappa shape index (κ1) is 34.7. The molecule has 0 saturated carbocycles. The Balaban J connectivity index is 1.16. The molecule has 1 spiro atoms. The molecule has 2 aliphatic rings. The zero-order chi connectivity index (χ0) is 40.8. The molecule has 0 amide bonds. The number of hydrogen-bond acceptors (Lipinski definition) is 3. The third kappa shape index (κ3) is 4.82. The van der Waals surface area contributed by atoms with E-state index in [0.29, 0.717) is 0 Å². The molecule has 1 atom stereocenters. The van der Waals surface area contributed by atoms with Crippen molar-refractivity contribution in [3.8, 4) is 22.3 Å². The van der Waals surface area contributed by atoms with Gasteiger partial charge in [0, 0.05) is 50.7 Å². The quantitative estimate of drug-likeness (QED) is 0.167. The summed E-state index contributed by atoms with van der Waals surface area (Å²) in [4.78, 5) is 4.90. The van der Waals surface area contributed by atoms with Gasteiger partial charge in [-0.2, -0.15) is 0 Å². The van der Waals surface area contributed by atoms with Crippen molar-refractivity contribution in [3.05, 3.63) is 253 Å². The van der Waals surface area contributed by atoms with Crippen molar-refractivity contribution in [2.24, 2.45) is 0 Å². The van der Waals surface area contributed by atoms with E-state index in [0.717, 1.165) is 56.1 Å². The third-order valence-electron chi connectivity index (χ3n) is 13.2. The molecule has 3 heteroatoms. The molecule has 3 nitrogen and oxygen atoms in total. The van der Waals surface area contributed by atoms with Crippen LogP contribution in [0.1, 0.15) is 22.3 Å². The summed E-state index contributed by atoms with van der Waals surface area (Å²) in [6, 6.07) is 84.1. The molecule has 2 aliphatic carbocycles. The number of rotatable bonds is 6. The largest absolute Gasteiger partial charge is 0.456 e. The fraction of sp³-hybridized carbons (Fsp3) is 0.0169. The molecule has 62 heavy (non-hydrogen) atoms. The van der Waals surface area contributed by atoms with Gasteiger partial charge in [0.25, 0.3) is 0 Å². The van der Waals surface area contributed by atoms with E-state index in [1.54, 1.807) is 0 Å². The number of benzene rings is 10. The molecule has 290 valence electrons. The second-order valence-corrected chi connectivity index (χ2v) is 16.4. The second-order valence-electron chi connectivity index (χ2n) is 16.4. The lowest BCUT2D eigenvalue weighted by molar-refractivity contribution is 0.669. The van der Waals surface area contributed by atoms with Crippen LogP contribution in [0.3, 0.4) is 0 Å². The lowest BCUT2D eigenvalue weighted by Gasteiger charge is -2.36. The molecule has 1 unspecified atom stereocenters. The van der Waals surface area contributed by atoms with Gasteiger partial charge in [-0.1, -0.05) is 158 Å². The van der Waals surface area contributed by atoms with Crippen molar-refractivity contribution in [2.75, 3.05) is 9.80 Å². The number of anilines is 6. The fourth-order valence-electron chi connectivity index (χ4n) is 10.8. The Bertz CT molecular complexity index is 3500. The maximum Gasteiger partial charge on any atom is 0.137 e. The van der Waals surface area contributed by atoms with Crippen LogP contribution in [0.2, 0.25) is 0 Å². The highest BCUT2D eigenvalue weighted by atomic mass is 16.3. The molecule has 0 saturated heterocycles. The van der Waals surface area contributed by atoms with E-state index in [-0.39, 0.29) is 0 Å². The number of para-hydroxylation sites is 4. The molecule has 0 N–H and O–H groups in total. The van der Waals surface area contributed by atoms with Crippen LogP contribution >= 0.6 is 0 Å². The lowest BCUT2D eigenvalue weighted by Crippen LogP contribution is -2.28. The summed E-state index contributed by atoms with van der Waals surface area (Å²) < 4.78 is 6.53. The van der Waals surface area contributed by atoms with Gasteiger partial charge in [-0.15, -0.1) is 0 Å². The fourth-order valence-corrected chi connectivity index (χ4v) is 10.8. The van der Waals surface area contributed by atoms with Crippen molar-refractivity contribution in [2.45, 2.75) is 5.41 Å². The van der Waals surface area contributed by atoms with Crippen LogP contribution < -0.4 is 9.80 Å². The zero-order valence-electron chi connectivity index (χ0n) is 33.7. The molecule has 0 bridgehead atoms. The topological polar surface area (TPSA) is 19.6 Å². The van der Waals surface area contributed by atoms with Gasteiger partial charge in [-0.05, 0) is 111 Å². The molecule has 11 aromatic rings. The lowest BCUT2D eigenvalue weighted by atomic mass is 9.69. The molecule has 0 fully saturated rings.